The normalized spacial score (nSPS) is 15.9. The molecule has 0 atom stereocenters. The Hall–Kier alpha value is -1.77. The van der Waals surface area contributed by atoms with E-state index in [2.05, 4.69) is 25.1 Å². The van der Waals surface area contributed by atoms with Crippen LogP contribution in [0.4, 0.5) is 4.79 Å². The van der Waals surface area contributed by atoms with Crippen molar-refractivity contribution in [3.05, 3.63) is 40.5 Å². The largest absolute Gasteiger partial charge is 0.450 e. The molecule has 1 heterocycles. The van der Waals surface area contributed by atoms with Crippen LogP contribution in [-0.2, 0) is 11.2 Å². The van der Waals surface area contributed by atoms with E-state index in [1.807, 2.05) is 25.7 Å². The highest BCUT2D eigenvalue weighted by Gasteiger charge is 2.30. The monoisotopic (exact) mass is 287 g/mol. The molecule has 1 amide bonds. The molecular formula is C18H25NO2. The Kier molecular flexibility index (Phi) is 5.05. The number of fused-ring (bicyclic) bond motifs is 2. The summed E-state index contributed by atoms with van der Waals surface area (Å²) in [6.07, 6.45) is 1.85. The number of carbonyl (C=O) groups is 1. The summed E-state index contributed by atoms with van der Waals surface area (Å²) in [6, 6.07) is 6.45. The smallest absolute Gasteiger partial charge is 0.410 e. The molecule has 0 radical (unpaired) electrons. The van der Waals surface area contributed by atoms with Gasteiger partial charge < -0.3 is 9.64 Å². The second kappa shape index (κ2) is 6.79. The van der Waals surface area contributed by atoms with Crippen LogP contribution in [-0.4, -0.2) is 30.7 Å². The molecule has 3 nitrogen and oxygen atoms in total. The second-order valence-corrected chi connectivity index (χ2v) is 5.23. The van der Waals surface area contributed by atoms with Crippen LogP contribution >= 0.6 is 0 Å². The maximum atomic E-state index is 11.8. The fourth-order valence-electron chi connectivity index (χ4n) is 3.08. The van der Waals surface area contributed by atoms with Gasteiger partial charge in [-0.2, -0.15) is 0 Å². The van der Waals surface area contributed by atoms with E-state index >= 15 is 0 Å². The van der Waals surface area contributed by atoms with Gasteiger partial charge in [-0.1, -0.05) is 37.6 Å². The van der Waals surface area contributed by atoms with E-state index in [0.29, 0.717) is 13.2 Å². The minimum absolute atomic E-state index is 0.185. The highest BCUT2D eigenvalue weighted by Crippen LogP contribution is 2.38. The van der Waals surface area contributed by atoms with Crippen LogP contribution in [0.1, 0.15) is 43.9 Å². The number of hydrogen-bond acceptors (Lipinski definition) is 2. The molecule has 21 heavy (non-hydrogen) atoms. The van der Waals surface area contributed by atoms with Gasteiger partial charge in [0.15, 0.2) is 0 Å². The van der Waals surface area contributed by atoms with Gasteiger partial charge in [0, 0.05) is 13.1 Å². The van der Waals surface area contributed by atoms with E-state index in [-0.39, 0.29) is 6.09 Å². The number of hydrogen-bond donors (Lipinski definition) is 0. The van der Waals surface area contributed by atoms with Gasteiger partial charge in [0.1, 0.15) is 0 Å². The number of benzene rings is 1. The van der Waals surface area contributed by atoms with E-state index < -0.39 is 0 Å². The van der Waals surface area contributed by atoms with Crippen LogP contribution in [0.3, 0.4) is 0 Å². The van der Waals surface area contributed by atoms with Gasteiger partial charge >= 0.3 is 6.09 Å². The molecular weight excluding hydrogens is 262 g/mol. The summed E-state index contributed by atoms with van der Waals surface area (Å²) in [5.74, 6) is 0. The van der Waals surface area contributed by atoms with Gasteiger partial charge in [0.2, 0.25) is 0 Å². The van der Waals surface area contributed by atoms with E-state index in [4.69, 9.17) is 4.74 Å². The lowest BCUT2D eigenvalue weighted by Crippen LogP contribution is -2.36. The van der Waals surface area contributed by atoms with E-state index in [1.165, 1.54) is 27.8 Å². The Labute approximate surface area is 127 Å². The SMILES string of the molecule is CC.CCOC(=O)N1CCC2=C(C1)c1cccc(C)c1C2. The lowest BCUT2D eigenvalue weighted by atomic mass is 10.00. The highest BCUT2D eigenvalue weighted by atomic mass is 16.6. The van der Waals surface area contributed by atoms with Crippen molar-refractivity contribution < 1.29 is 9.53 Å². The summed E-state index contributed by atoms with van der Waals surface area (Å²) in [6.45, 7) is 9.94. The molecule has 2 aliphatic rings. The van der Waals surface area contributed by atoms with Crippen LogP contribution in [0.25, 0.3) is 5.57 Å². The van der Waals surface area contributed by atoms with Crippen LogP contribution < -0.4 is 0 Å². The van der Waals surface area contributed by atoms with E-state index in [0.717, 1.165) is 19.4 Å². The van der Waals surface area contributed by atoms with Crippen molar-refractivity contribution in [2.45, 2.75) is 40.5 Å². The zero-order chi connectivity index (χ0) is 15.4. The average molecular weight is 287 g/mol. The maximum Gasteiger partial charge on any atom is 0.410 e. The van der Waals surface area contributed by atoms with E-state index in [1.54, 1.807) is 0 Å². The first kappa shape index (κ1) is 15.6. The summed E-state index contributed by atoms with van der Waals surface area (Å²) < 4.78 is 5.11. The number of rotatable bonds is 1. The average Bonchev–Trinajstić information content (AvgIpc) is 2.89. The van der Waals surface area contributed by atoms with Crippen molar-refractivity contribution >= 4 is 11.7 Å². The summed E-state index contributed by atoms with van der Waals surface area (Å²) in [5, 5.41) is 0. The highest BCUT2D eigenvalue weighted by molar-refractivity contribution is 5.82. The number of carbonyl (C=O) groups excluding carboxylic acids is 1. The number of amides is 1. The van der Waals surface area contributed by atoms with Crippen molar-refractivity contribution in [1.82, 2.24) is 4.90 Å². The Morgan fingerprint density at radius 3 is 2.81 bits per heavy atom. The van der Waals surface area contributed by atoms with Gasteiger partial charge in [0.05, 0.1) is 6.61 Å². The molecule has 3 rings (SSSR count). The number of aryl methyl sites for hydroxylation is 1. The van der Waals surface area contributed by atoms with Crippen LogP contribution in [0.5, 0.6) is 0 Å². The van der Waals surface area contributed by atoms with Crippen LogP contribution in [0.2, 0.25) is 0 Å². The zero-order valence-corrected chi connectivity index (χ0v) is 13.5. The fraction of sp³-hybridized carbons (Fsp3) is 0.500. The van der Waals surface area contributed by atoms with Gasteiger partial charge in [0.25, 0.3) is 0 Å². The molecule has 1 aromatic carbocycles. The van der Waals surface area contributed by atoms with Gasteiger partial charge in [-0.05, 0) is 49.0 Å². The van der Waals surface area contributed by atoms with Crippen LogP contribution in [0.15, 0.2) is 23.8 Å². The summed E-state index contributed by atoms with van der Waals surface area (Å²) in [7, 11) is 0. The molecule has 0 aromatic heterocycles. The third kappa shape index (κ3) is 2.97. The Morgan fingerprint density at radius 2 is 2.10 bits per heavy atom. The lowest BCUT2D eigenvalue weighted by Gasteiger charge is -2.27. The first-order valence-electron chi connectivity index (χ1n) is 7.92. The fourth-order valence-corrected chi connectivity index (χ4v) is 3.08. The van der Waals surface area contributed by atoms with Gasteiger partial charge in [-0.3, -0.25) is 0 Å². The minimum Gasteiger partial charge on any atom is -0.450 e. The topological polar surface area (TPSA) is 29.5 Å². The molecule has 0 bridgehead atoms. The first-order chi connectivity index (χ1) is 10.2. The predicted octanol–water partition coefficient (Wildman–Crippen LogP) is 4.19. The van der Waals surface area contributed by atoms with Crippen molar-refractivity contribution in [3.8, 4) is 0 Å². The molecule has 0 saturated carbocycles. The number of nitrogens with zero attached hydrogens (tertiary/aromatic N) is 1. The molecule has 3 heteroatoms. The third-order valence-electron chi connectivity index (χ3n) is 4.11. The second-order valence-electron chi connectivity index (χ2n) is 5.23. The van der Waals surface area contributed by atoms with Crippen molar-refractivity contribution in [2.75, 3.05) is 19.7 Å². The van der Waals surface area contributed by atoms with Gasteiger partial charge in [-0.25, -0.2) is 4.79 Å². The molecule has 0 fully saturated rings. The predicted molar refractivity (Wildman–Crippen MR) is 86.4 cm³/mol. The maximum absolute atomic E-state index is 11.8. The molecule has 114 valence electrons. The first-order valence-corrected chi connectivity index (χ1v) is 7.92. The molecule has 0 saturated heterocycles. The van der Waals surface area contributed by atoms with Crippen molar-refractivity contribution in [1.29, 1.82) is 0 Å². The Morgan fingerprint density at radius 1 is 1.33 bits per heavy atom. The molecule has 1 aromatic rings. The third-order valence-corrected chi connectivity index (χ3v) is 4.11. The summed E-state index contributed by atoms with van der Waals surface area (Å²) in [5.41, 5.74) is 6.99. The number of ether oxygens (including phenoxy) is 1. The Balaban J connectivity index is 0.000000774. The molecule has 1 aliphatic carbocycles. The molecule has 0 N–H and O–H groups in total. The van der Waals surface area contributed by atoms with Gasteiger partial charge in [-0.15, -0.1) is 0 Å². The molecule has 0 unspecified atom stereocenters. The summed E-state index contributed by atoms with van der Waals surface area (Å²) in [4.78, 5) is 13.7. The molecule has 0 spiro atoms. The summed E-state index contributed by atoms with van der Waals surface area (Å²) >= 11 is 0. The molecule has 1 aliphatic heterocycles. The van der Waals surface area contributed by atoms with E-state index in [9.17, 15) is 4.79 Å². The van der Waals surface area contributed by atoms with Crippen molar-refractivity contribution in [2.24, 2.45) is 0 Å². The Bertz CT molecular complexity index is 560. The van der Waals surface area contributed by atoms with Crippen LogP contribution in [0, 0.1) is 6.92 Å². The quantitative estimate of drug-likeness (QED) is 0.775. The van der Waals surface area contributed by atoms with Crippen molar-refractivity contribution in [3.63, 3.8) is 0 Å². The standard InChI is InChI=1S/C16H19NO2.C2H6/c1-3-19-16(18)17-8-7-12-9-14-11(2)5-4-6-13(14)15(12)10-17;1-2/h4-6H,3,7-10H2,1-2H3;1-2H3. The zero-order valence-electron chi connectivity index (χ0n) is 13.5. The minimum atomic E-state index is -0.185. The lowest BCUT2D eigenvalue weighted by molar-refractivity contribution is 0.111.